The molecule has 0 aliphatic carbocycles. The van der Waals surface area contributed by atoms with Crippen molar-refractivity contribution in [1.29, 1.82) is 0 Å². The number of aromatic nitrogens is 3. The Morgan fingerprint density at radius 2 is 1.96 bits per heavy atom. The quantitative estimate of drug-likeness (QED) is 0.857. The highest BCUT2D eigenvalue weighted by Crippen LogP contribution is 2.42. The molecule has 1 atom stereocenters. The Kier molecular flexibility index (Phi) is 4.44. The molecule has 1 spiro atoms. The fraction of sp³-hybridized carbons (Fsp3) is 0.474. The van der Waals surface area contributed by atoms with Gasteiger partial charge < -0.3 is 9.64 Å². The summed E-state index contributed by atoms with van der Waals surface area (Å²) >= 11 is 0. The summed E-state index contributed by atoms with van der Waals surface area (Å²) in [6.45, 7) is 2.37. The second-order valence-electron chi connectivity index (χ2n) is 7.07. The number of rotatable bonds is 3. The third-order valence-electron chi connectivity index (χ3n) is 5.38. The molecule has 4 heterocycles. The van der Waals surface area contributed by atoms with Gasteiger partial charge in [-0.05, 0) is 36.8 Å². The predicted molar refractivity (Wildman–Crippen MR) is 91.9 cm³/mol. The maximum Gasteiger partial charge on any atom is 0.253 e. The molecular formula is C19H22N4O2. The largest absolute Gasteiger partial charge is 0.377 e. The lowest BCUT2D eigenvalue weighted by Crippen LogP contribution is -2.43. The summed E-state index contributed by atoms with van der Waals surface area (Å²) in [6.07, 6.45) is 12.6. The van der Waals surface area contributed by atoms with Crippen molar-refractivity contribution >= 4 is 5.91 Å². The molecule has 0 unspecified atom stereocenters. The molecule has 6 heteroatoms. The normalized spacial score (nSPS) is 22.2. The number of hydrogen-bond donors (Lipinski definition) is 0. The van der Waals surface area contributed by atoms with E-state index in [4.69, 9.17) is 4.74 Å². The van der Waals surface area contributed by atoms with E-state index < -0.39 is 0 Å². The minimum Gasteiger partial charge on any atom is -0.377 e. The van der Waals surface area contributed by atoms with Crippen LogP contribution in [0.5, 0.6) is 0 Å². The van der Waals surface area contributed by atoms with Crippen LogP contribution < -0.4 is 0 Å². The van der Waals surface area contributed by atoms with Gasteiger partial charge in [-0.15, -0.1) is 0 Å². The second-order valence-corrected chi connectivity index (χ2v) is 7.07. The molecule has 130 valence electrons. The first-order valence-corrected chi connectivity index (χ1v) is 8.80. The number of amides is 1. The SMILES string of the molecule is O=C(c1ccncc1)N1CCC2(CC1)CO[C@@H](Cc1cnccn1)C2. The molecule has 0 bridgehead atoms. The molecule has 2 aromatic heterocycles. The van der Waals surface area contributed by atoms with Crippen LogP contribution in [0.15, 0.2) is 43.1 Å². The van der Waals surface area contributed by atoms with Crippen molar-refractivity contribution in [3.05, 3.63) is 54.4 Å². The molecule has 2 saturated heterocycles. The monoisotopic (exact) mass is 338 g/mol. The summed E-state index contributed by atoms with van der Waals surface area (Å²) in [5.74, 6) is 0.104. The van der Waals surface area contributed by atoms with Crippen molar-refractivity contribution < 1.29 is 9.53 Å². The molecule has 2 aliphatic rings. The number of carbonyl (C=O) groups is 1. The molecule has 2 aromatic rings. The maximum atomic E-state index is 12.6. The number of ether oxygens (including phenoxy) is 1. The summed E-state index contributed by atoms with van der Waals surface area (Å²) in [5.41, 5.74) is 1.91. The van der Waals surface area contributed by atoms with Gasteiger partial charge in [0.2, 0.25) is 0 Å². The van der Waals surface area contributed by atoms with Crippen LogP contribution in [-0.4, -0.2) is 51.6 Å². The average Bonchev–Trinajstić information content (AvgIpc) is 3.05. The molecule has 6 nitrogen and oxygen atoms in total. The fourth-order valence-corrected chi connectivity index (χ4v) is 3.90. The first-order valence-electron chi connectivity index (χ1n) is 8.80. The molecule has 25 heavy (non-hydrogen) atoms. The summed E-state index contributed by atoms with van der Waals surface area (Å²) in [6, 6.07) is 3.56. The number of piperidine rings is 1. The summed E-state index contributed by atoms with van der Waals surface area (Å²) in [5, 5.41) is 0. The van der Waals surface area contributed by atoms with Crippen molar-refractivity contribution in [3.63, 3.8) is 0 Å². The van der Waals surface area contributed by atoms with E-state index in [1.807, 2.05) is 11.1 Å². The molecule has 4 rings (SSSR count). The van der Waals surface area contributed by atoms with Gasteiger partial charge in [-0.3, -0.25) is 19.7 Å². The van der Waals surface area contributed by atoms with Crippen LogP contribution in [0, 0.1) is 5.41 Å². The van der Waals surface area contributed by atoms with Crippen LogP contribution in [0.25, 0.3) is 0 Å². The molecule has 0 radical (unpaired) electrons. The zero-order valence-electron chi connectivity index (χ0n) is 14.2. The summed E-state index contributed by atoms with van der Waals surface area (Å²) in [7, 11) is 0. The van der Waals surface area contributed by atoms with Gasteiger partial charge in [-0.2, -0.15) is 0 Å². The standard InChI is InChI=1S/C19H22N4O2/c24-18(15-1-5-20-6-2-15)23-9-3-19(4-10-23)12-17(25-14-19)11-16-13-21-7-8-22-16/h1-2,5-8,13,17H,3-4,9-12,14H2/t17-/m0/s1. The van der Waals surface area contributed by atoms with Gasteiger partial charge in [0.05, 0.1) is 18.4 Å². The predicted octanol–water partition coefficient (Wildman–Crippen LogP) is 2.13. The van der Waals surface area contributed by atoms with Crippen LogP contribution in [-0.2, 0) is 11.2 Å². The third-order valence-corrected chi connectivity index (χ3v) is 5.38. The Hall–Kier alpha value is -2.34. The van der Waals surface area contributed by atoms with E-state index >= 15 is 0 Å². The summed E-state index contributed by atoms with van der Waals surface area (Å²) < 4.78 is 6.05. The van der Waals surface area contributed by atoms with E-state index in [1.54, 1.807) is 36.9 Å². The van der Waals surface area contributed by atoms with E-state index in [9.17, 15) is 4.79 Å². The molecule has 2 fully saturated rings. The van der Waals surface area contributed by atoms with Crippen molar-refractivity contribution in [1.82, 2.24) is 19.9 Å². The minimum absolute atomic E-state index is 0.104. The van der Waals surface area contributed by atoms with Crippen LogP contribution in [0.2, 0.25) is 0 Å². The van der Waals surface area contributed by atoms with Crippen molar-refractivity contribution in [2.75, 3.05) is 19.7 Å². The molecular weight excluding hydrogens is 316 g/mol. The fourth-order valence-electron chi connectivity index (χ4n) is 3.90. The third kappa shape index (κ3) is 3.54. The first kappa shape index (κ1) is 16.1. The lowest BCUT2D eigenvalue weighted by molar-refractivity contribution is 0.0495. The van der Waals surface area contributed by atoms with Crippen molar-refractivity contribution in [3.8, 4) is 0 Å². The first-order chi connectivity index (χ1) is 12.2. The van der Waals surface area contributed by atoms with Gasteiger partial charge >= 0.3 is 0 Å². The van der Waals surface area contributed by atoms with E-state index in [2.05, 4.69) is 15.0 Å². The molecule has 2 aliphatic heterocycles. The maximum absolute atomic E-state index is 12.6. The minimum atomic E-state index is 0.104. The van der Waals surface area contributed by atoms with Gasteiger partial charge in [0.1, 0.15) is 0 Å². The second kappa shape index (κ2) is 6.88. The summed E-state index contributed by atoms with van der Waals surface area (Å²) in [4.78, 5) is 27.0. The average molecular weight is 338 g/mol. The highest BCUT2D eigenvalue weighted by atomic mass is 16.5. The van der Waals surface area contributed by atoms with Gasteiger partial charge in [0.25, 0.3) is 5.91 Å². The zero-order chi connectivity index (χ0) is 17.1. The van der Waals surface area contributed by atoms with Crippen molar-refractivity contribution in [2.45, 2.75) is 31.8 Å². The van der Waals surface area contributed by atoms with Crippen molar-refractivity contribution in [2.24, 2.45) is 5.41 Å². The van der Waals surface area contributed by atoms with E-state index in [0.29, 0.717) is 5.56 Å². The van der Waals surface area contributed by atoms with Crippen LogP contribution >= 0.6 is 0 Å². The Morgan fingerprint density at radius 1 is 1.16 bits per heavy atom. The van der Waals surface area contributed by atoms with E-state index in [-0.39, 0.29) is 17.4 Å². The lowest BCUT2D eigenvalue weighted by atomic mass is 9.76. The van der Waals surface area contributed by atoms with E-state index in [1.165, 1.54) is 0 Å². The number of likely N-dealkylation sites (tertiary alicyclic amines) is 1. The smallest absolute Gasteiger partial charge is 0.253 e. The van der Waals surface area contributed by atoms with Gasteiger partial charge in [0, 0.05) is 56.1 Å². The zero-order valence-corrected chi connectivity index (χ0v) is 14.2. The molecule has 0 aromatic carbocycles. The van der Waals surface area contributed by atoms with Gasteiger partial charge in [0.15, 0.2) is 0 Å². The van der Waals surface area contributed by atoms with Crippen LogP contribution in [0.4, 0.5) is 0 Å². The number of carbonyl (C=O) groups excluding carboxylic acids is 1. The number of hydrogen-bond acceptors (Lipinski definition) is 5. The number of nitrogens with zero attached hydrogens (tertiary/aromatic N) is 4. The Morgan fingerprint density at radius 3 is 2.68 bits per heavy atom. The topological polar surface area (TPSA) is 68.2 Å². The van der Waals surface area contributed by atoms with Crippen LogP contribution in [0.3, 0.4) is 0 Å². The molecule has 0 N–H and O–H groups in total. The Labute approximate surface area is 147 Å². The van der Waals surface area contributed by atoms with Crippen LogP contribution in [0.1, 0.15) is 35.3 Å². The Balaban J connectivity index is 1.33. The number of pyridine rings is 1. The molecule has 0 saturated carbocycles. The molecule has 1 amide bonds. The lowest BCUT2D eigenvalue weighted by Gasteiger charge is -2.38. The van der Waals surface area contributed by atoms with Gasteiger partial charge in [-0.25, -0.2) is 0 Å². The highest BCUT2D eigenvalue weighted by molar-refractivity contribution is 5.94. The van der Waals surface area contributed by atoms with Gasteiger partial charge in [-0.1, -0.05) is 0 Å². The van der Waals surface area contributed by atoms with E-state index in [0.717, 1.165) is 51.1 Å². The highest BCUT2D eigenvalue weighted by Gasteiger charge is 2.43. The Bertz CT molecular complexity index is 715.